The summed E-state index contributed by atoms with van der Waals surface area (Å²) in [5.41, 5.74) is 3.08. The summed E-state index contributed by atoms with van der Waals surface area (Å²) in [5, 5.41) is 2.14. The molecule has 0 aliphatic carbocycles. The van der Waals surface area contributed by atoms with Gasteiger partial charge in [0.25, 0.3) is 0 Å². The summed E-state index contributed by atoms with van der Waals surface area (Å²) in [6.45, 7) is 5.69. The van der Waals surface area contributed by atoms with Crippen LogP contribution in [0.15, 0.2) is 51.4 Å². The molecule has 0 fully saturated rings. The van der Waals surface area contributed by atoms with E-state index in [1.54, 1.807) is 25.1 Å². The van der Waals surface area contributed by atoms with E-state index < -0.39 is 0 Å². The maximum absolute atomic E-state index is 5.56. The van der Waals surface area contributed by atoms with Gasteiger partial charge >= 0.3 is 0 Å². The average Bonchev–Trinajstić information content (AvgIpc) is 3.20. The molecule has 0 saturated heterocycles. The van der Waals surface area contributed by atoms with Crippen LogP contribution in [-0.4, -0.2) is 30.3 Å². The van der Waals surface area contributed by atoms with Gasteiger partial charge in [0.2, 0.25) is 0 Å². The van der Waals surface area contributed by atoms with Crippen molar-refractivity contribution in [2.75, 3.05) is 20.2 Å². The summed E-state index contributed by atoms with van der Waals surface area (Å²) in [5.74, 6) is 0.790. The predicted molar refractivity (Wildman–Crippen MR) is 86.5 cm³/mol. The number of amidine groups is 1. The van der Waals surface area contributed by atoms with Crippen molar-refractivity contribution in [2.45, 2.75) is 0 Å². The fraction of sp³-hybridized carbons (Fsp3) is 0.188. The number of thioether (sulfide) groups is 1. The lowest BCUT2D eigenvalue weighted by Crippen LogP contribution is -2.20. The Balaban J connectivity index is 1.98. The third-order valence-electron chi connectivity index (χ3n) is 3.73. The van der Waals surface area contributed by atoms with Gasteiger partial charge in [-0.05, 0) is 23.9 Å². The zero-order chi connectivity index (χ0) is 14.4. The topological polar surface area (TPSA) is 38.0 Å². The Morgan fingerprint density at radius 3 is 3.19 bits per heavy atom. The molecule has 2 aromatic rings. The van der Waals surface area contributed by atoms with Gasteiger partial charge in [-0.3, -0.25) is 4.99 Å². The van der Waals surface area contributed by atoms with E-state index >= 15 is 0 Å². The molecule has 106 valence electrons. The number of hydrogen-bond acceptors (Lipinski definition) is 5. The van der Waals surface area contributed by atoms with Crippen molar-refractivity contribution >= 4 is 33.6 Å². The number of nitrogens with zero attached hydrogens (tertiary/aromatic N) is 2. The molecular formula is C16H14N2O2S. The van der Waals surface area contributed by atoms with Crippen molar-refractivity contribution in [2.24, 2.45) is 4.99 Å². The molecule has 0 atom stereocenters. The second-order valence-electron chi connectivity index (χ2n) is 4.84. The number of aliphatic imine (C=N–C) groups is 1. The minimum absolute atomic E-state index is 0.790. The zero-order valence-corrected chi connectivity index (χ0v) is 12.4. The molecule has 0 radical (unpaired) electrons. The van der Waals surface area contributed by atoms with E-state index in [9.17, 15) is 0 Å². The van der Waals surface area contributed by atoms with Crippen LogP contribution in [0.4, 0.5) is 0 Å². The molecule has 4 rings (SSSR count). The first kappa shape index (κ1) is 12.6. The number of allylic oxidation sites excluding steroid dienone is 1. The Morgan fingerprint density at radius 2 is 2.38 bits per heavy atom. The van der Waals surface area contributed by atoms with Crippen molar-refractivity contribution in [3.05, 3.63) is 47.6 Å². The number of rotatable bonds is 3. The first-order valence-electron chi connectivity index (χ1n) is 6.74. The average molecular weight is 298 g/mol. The molecule has 0 N–H and O–H groups in total. The zero-order valence-electron chi connectivity index (χ0n) is 11.6. The molecule has 0 amide bonds. The van der Waals surface area contributed by atoms with Gasteiger partial charge in [-0.1, -0.05) is 12.7 Å². The molecule has 0 bridgehead atoms. The highest BCUT2D eigenvalue weighted by molar-refractivity contribution is 8.17. The Morgan fingerprint density at radius 1 is 1.48 bits per heavy atom. The lowest BCUT2D eigenvalue weighted by atomic mass is 10.0. The second kappa shape index (κ2) is 4.70. The highest BCUT2D eigenvalue weighted by Crippen LogP contribution is 2.44. The fourth-order valence-electron chi connectivity index (χ4n) is 2.78. The number of hydrogen-bond donors (Lipinski definition) is 0. The Hall–Kier alpha value is -2.14. The van der Waals surface area contributed by atoms with Crippen molar-refractivity contribution in [3.63, 3.8) is 0 Å². The van der Waals surface area contributed by atoms with E-state index in [0.29, 0.717) is 0 Å². The van der Waals surface area contributed by atoms with Gasteiger partial charge in [-0.15, -0.1) is 0 Å². The number of ether oxygens (including phenoxy) is 1. The Kier molecular flexibility index (Phi) is 2.82. The van der Waals surface area contributed by atoms with Crippen molar-refractivity contribution < 1.29 is 9.15 Å². The van der Waals surface area contributed by atoms with E-state index in [-0.39, 0.29) is 0 Å². The van der Waals surface area contributed by atoms with Crippen molar-refractivity contribution in [3.8, 4) is 5.75 Å². The second-order valence-corrected chi connectivity index (χ2v) is 5.85. The summed E-state index contributed by atoms with van der Waals surface area (Å²) in [7, 11) is 1.67. The molecule has 2 aliphatic heterocycles. The molecule has 0 spiro atoms. The van der Waals surface area contributed by atoms with Gasteiger partial charge in [-0.25, -0.2) is 0 Å². The normalized spacial score (nSPS) is 17.4. The van der Waals surface area contributed by atoms with Crippen LogP contribution in [0.25, 0.3) is 16.7 Å². The molecule has 3 heterocycles. The number of methoxy groups -OCH3 is 1. The highest BCUT2D eigenvalue weighted by atomic mass is 32.2. The standard InChI is InChI=1S/C16H14N2O2S/c1-3-14-15(18-6-5-17-16(18)21-14)12-8-10(19-2)9-13-11(12)4-7-20-13/h3-4,7-9H,1,5-6H2,2H3. The number of benzene rings is 1. The van der Waals surface area contributed by atoms with Crippen LogP contribution in [0.5, 0.6) is 5.75 Å². The van der Waals surface area contributed by atoms with Gasteiger partial charge in [-0.2, -0.15) is 0 Å². The Labute approximate surface area is 126 Å². The fourth-order valence-corrected chi connectivity index (χ4v) is 3.82. The molecule has 4 nitrogen and oxygen atoms in total. The molecule has 1 aromatic carbocycles. The predicted octanol–water partition coefficient (Wildman–Crippen LogP) is 3.71. The summed E-state index contributed by atoms with van der Waals surface area (Å²) in [4.78, 5) is 7.93. The van der Waals surface area contributed by atoms with Crippen molar-refractivity contribution in [1.82, 2.24) is 4.90 Å². The molecular weight excluding hydrogens is 284 g/mol. The summed E-state index contributed by atoms with van der Waals surface area (Å²) < 4.78 is 11.0. The molecule has 1 aromatic heterocycles. The summed E-state index contributed by atoms with van der Waals surface area (Å²) in [6.07, 6.45) is 3.61. The lowest BCUT2D eigenvalue weighted by molar-refractivity contribution is 0.414. The first-order chi connectivity index (χ1) is 10.3. The summed E-state index contributed by atoms with van der Waals surface area (Å²) >= 11 is 1.67. The van der Waals surface area contributed by atoms with Crippen LogP contribution in [0.3, 0.4) is 0 Å². The van der Waals surface area contributed by atoms with E-state index in [2.05, 4.69) is 22.5 Å². The Bertz CT molecular complexity index is 804. The maximum atomic E-state index is 5.56. The van der Waals surface area contributed by atoms with Gasteiger partial charge in [0, 0.05) is 28.5 Å². The van der Waals surface area contributed by atoms with Crippen molar-refractivity contribution in [1.29, 1.82) is 0 Å². The van der Waals surface area contributed by atoms with Crippen LogP contribution in [0.1, 0.15) is 5.56 Å². The monoisotopic (exact) mass is 298 g/mol. The van der Waals surface area contributed by atoms with Gasteiger partial charge in [0.05, 0.1) is 25.6 Å². The number of fused-ring (bicyclic) bond motifs is 2. The largest absolute Gasteiger partial charge is 0.497 e. The summed E-state index contributed by atoms with van der Waals surface area (Å²) in [6, 6.07) is 5.96. The first-order valence-corrected chi connectivity index (χ1v) is 7.55. The van der Waals surface area contributed by atoms with Crippen LogP contribution in [0, 0.1) is 0 Å². The van der Waals surface area contributed by atoms with Crippen LogP contribution in [-0.2, 0) is 0 Å². The van der Waals surface area contributed by atoms with Gasteiger partial charge in [0.1, 0.15) is 11.3 Å². The van der Waals surface area contributed by atoms with Crippen LogP contribution in [0.2, 0.25) is 0 Å². The van der Waals surface area contributed by atoms with Gasteiger partial charge < -0.3 is 14.1 Å². The van der Waals surface area contributed by atoms with E-state index in [1.807, 2.05) is 18.2 Å². The van der Waals surface area contributed by atoms with Crippen LogP contribution < -0.4 is 4.74 Å². The molecule has 21 heavy (non-hydrogen) atoms. The van der Waals surface area contributed by atoms with Gasteiger partial charge in [0.15, 0.2) is 5.17 Å². The molecule has 5 heteroatoms. The third-order valence-corrected chi connectivity index (χ3v) is 4.84. The minimum Gasteiger partial charge on any atom is -0.497 e. The number of furan rings is 1. The van der Waals surface area contributed by atoms with E-state index in [4.69, 9.17) is 9.15 Å². The molecule has 0 unspecified atom stereocenters. The molecule has 2 aliphatic rings. The SMILES string of the molecule is C=CC1=C(c2cc(OC)cc3occc23)N2CCN=C2S1. The highest BCUT2D eigenvalue weighted by Gasteiger charge is 2.33. The van der Waals surface area contributed by atoms with Crippen LogP contribution >= 0.6 is 11.8 Å². The maximum Gasteiger partial charge on any atom is 0.168 e. The lowest BCUT2D eigenvalue weighted by Gasteiger charge is -2.18. The smallest absolute Gasteiger partial charge is 0.168 e. The molecule has 0 saturated carbocycles. The van der Waals surface area contributed by atoms with E-state index in [0.717, 1.165) is 51.1 Å². The minimum atomic E-state index is 0.790. The quantitative estimate of drug-likeness (QED) is 0.865. The van der Waals surface area contributed by atoms with E-state index in [1.165, 1.54) is 0 Å². The third kappa shape index (κ3) is 1.81.